The second kappa shape index (κ2) is 11.2. The Morgan fingerprint density at radius 3 is 1.85 bits per heavy atom. The van der Waals surface area contributed by atoms with E-state index in [9.17, 15) is 0 Å². The first-order chi connectivity index (χ1) is 26.0. The lowest BCUT2D eigenvalue weighted by atomic mass is 9.82. The number of benzene rings is 9. The number of anilines is 3. The van der Waals surface area contributed by atoms with E-state index in [1.54, 1.807) is 0 Å². The van der Waals surface area contributed by atoms with Crippen LogP contribution in [0.3, 0.4) is 0 Å². The van der Waals surface area contributed by atoms with E-state index in [0.29, 0.717) is 0 Å². The standard InChI is InChI=1S/C51H35NO/c1-51(2)45-25-23-38(30-44(45)43-28-35-14-5-6-15-36(35)29-46(43)51)52(39-22-24-42-41-17-9-10-18-48(41)53-49(42)31-39)47-26-21-33-12-7-8-16-40(33)50(47)37-20-19-32-11-3-4-13-34(32)27-37/h3-31H,1-2H3. The van der Waals surface area contributed by atoms with E-state index in [1.807, 2.05) is 6.07 Å². The minimum atomic E-state index is -0.121. The molecule has 250 valence electrons. The van der Waals surface area contributed by atoms with Crippen LogP contribution in [0.2, 0.25) is 0 Å². The van der Waals surface area contributed by atoms with Crippen molar-refractivity contribution < 1.29 is 4.42 Å². The van der Waals surface area contributed by atoms with Gasteiger partial charge in [-0.3, -0.25) is 0 Å². The number of fused-ring (bicyclic) bond motifs is 9. The molecule has 0 atom stereocenters. The van der Waals surface area contributed by atoms with Gasteiger partial charge in [0.15, 0.2) is 0 Å². The summed E-state index contributed by atoms with van der Waals surface area (Å²) in [4.78, 5) is 2.44. The summed E-state index contributed by atoms with van der Waals surface area (Å²) < 4.78 is 6.51. The van der Waals surface area contributed by atoms with Crippen LogP contribution in [-0.2, 0) is 5.41 Å². The summed E-state index contributed by atoms with van der Waals surface area (Å²) in [6, 6.07) is 64.4. The molecule has 2 heteroatoms. The van der Waals surface area contributed by atoms with Crippen LogP contribution in [0.1, 0.15) is 25.0 Å². The average molecular weight is 678 g/mol. The van der Waals surface area contributed by atoms with Gasteiger partial charge >= 0.3 is 0 Å². The molecule has 11 rings (SSSR count). The largest absolute Gasteiger partial charge is 0.456 e. The summed E-state index contributed by atoms with van der Waals surface area (Å²) in [5.74, 6) is 0. The molecule has 0 aliphatic heterocycles. The maximum atomic E-state index is 6.51. The summed E-state index contributed by atoms with van der Waals surface area (Å²) in [5.41, 5.74) is 12.6. The number of nitrogens with zero attached hydrogens (tertiary/aromatic N) is 1. The van der Waals surface area contributed by atoms with Gasteiger partial charge in [0, 0.05) is 39.2 Å². The Morgan fingerprint density at radius 2 is 1.02 bits per heavy atom. The molecule has 2 nitrogen and oxygen atoms in total. The van der Waals surface area contributed by atoms with E-state index in [-0.39, 0.29) is 5.41 Å². The van der Waals surface area contributed by atoms with Crippen molar-refractivity contribution in [2.75, 3.05) is 4.90 Å². The van der Waals surface area contributed by atoms with E-state index < -0.39 is 0 Å². The molecule has 1 aliphatic carbocycles. The molecule has 9 aromatic carbocycles. The second-order valence-corrected chi connectivity index (χ2v) is 15.0. The van der Waals surface area contributed by atoms with Crippen molar-refractivity contribution in [2.24, 2.45) is 0 Å². The molecule has 0 saturated carbocycles. The van der Waals surface area contributed by atoms with Crippen LogP contribution in [0.15, 0.2) is 180 Å². The fourth-order valence-electron chi connectivity index (χ4n) is 8.94. The Bertz CT molecular complexity index is 3110. The van der Waals surface area contributed by atoms with Crippen molar-refractivity contribution >= 4 is 71.3 Å². The van der Waals surface area contributed by atoms with Crippen molar-refractivity contribution in [3.8, 4) is 22.3 Å². The molecule has 0 spiro atoms. The Hall–Kier alpha value is -6.64. The lowest BCUT2D eigenvalue weighted by Gasteiger charge is -2.30. The summed E-state index contributed by atoms with van der Waals surface area (Å²) in [5, 5.41) is 9.68. The van der Waals surface area contributed by atoms with Crippen LogP contribution < -0.4 is 4.90 Å². The average Bonchev–Trinajstić information content (AvgIpc) is 3.67. The molecular formula is C51H35NO. The van der Waals surface area contributed by atoms with Crippen LogP contribution >= 0.6 is 0 Å². The lowest BCUT2D eigenvalue weighted by Crippen LogP contribution is -2.15. The Labute approximate surface area is 308 Å². The highest BCUT2D eigenvalue weighted by atomic mass is 16.3. The smallest absolute Gasteiger partial charge is 0.137 e. The van der Waals surface area contributed by atoms with Crippen molar-refractivity contribution in [3.05, 3.63) is 187 Å². The highest BCUT2D eigenvalue weighted by Gasteiger charge is 2.36. The summed E-state index contributed by atoms with van der Waals surface area (Å²) in [6.45, 7) is 4.72. The molecular weight excluding hydrogens is 643 g/mol. The van der Waals surface area contributed by atoms with E-state index in [1.165, 1.54) is 65.7 Å². The highest BCUT2D eigenvalue weighted by Crippen LogP contribution is 2.53. The minimum Gasteiger partial charge on any atom is -0.456 e. The Morgan fingerprint density at radius 1 is 0.415 bits per heavy atom. The fraction of sp³-hybridized carbons (Fsp3) is 0.0588. The van der Waals surface area contributed by atoms with E-state index in [2.05, 4.69) is 189 Å². The number of hydrogen-bond acceptors (Lipinski definition) is 2. The summed E-state index contributed by atoms with van der Waals surface area (Å²) in [6.07, 6.45) is 0. The topological polar surface area (TPSA) is 16.4 Å². The molecule has 1 heterocycles. The molecule has 0 bridgehead atoms. The van der Waals surface area contributed by atoms with E-state index in [4.69, 9.17) is 4.42 Å². The van der Waals surface area contributed by atoms with Crippen LogP contribution in [-0.4, -0.2) is 0 Å². The van der Waals surface area contributed by atoms with Gasteiger partial charge in [-0.1, -0.05) is 129 Å². The minimum absolute atomic E-state index is 0.121. The summed E-state index contributed by atoms with van der Waals surface area (Å²) >= 11 is 0. The Kier molecular flexibility index (Phi) is 6.33. The van der Waals surface area contributed by atoms with Crippen LogP contribution in [0.25, 0.3) is 76.5 Å². The van der Waals surface area contributed by atoms with Gasteiger partial charge in [0.05, 0.1) is 5.69 Å². The third kappa shape index (κ3) is 4.52. The van der Waals surface area contributed by atoms with E-state index in [0.717, 1.165) is 39.0 Å². The molecule has 0 N–H and O–H groups in total. The zero-order valence-corrected chi connectivity index (χ0v) is 29.6. The number of para-hydroxylation sites is 1. The lowest BCUT2D eigenvalue weighted by molar-refractivity contribution is 0.661. The van der Waals surface area contributed by atoms with Crippen LogP contribution in [0.5, 0.6) is 0 Å². The highest BCUT2D eigenvalue weighted by molar-refractivity contribution is 6.09. The van der Waals surface area contributed by atoms with Crippen molar-refractivity contribution in [3.63, 3.8) is 0 Å². The van der Waals surface area contributed by atoms with Gasteiger partial charge in [-0.2, -0.15) is 0 Å². The molecule has 0 unspecified atom stereocenters. The first kappa shape index (κ1) is 30.0. The molecule has 0 amide bonds. The summed E-state index contributed by atoms with van der Waals surface area (Å²) in [7, 11) is 0. The van der Waals surface area contributed by atoms with Crippen molar-refractivity contribution in [1.82, 2.24) is 0 Å². The molecule has 10 aromatic rings. The molecule has 53 heavy (non-hydrogen) atoms. The van der Waals surface area contributed by atoms with Crippen LogP contribution in [0.4, 0.5) is 17.1 Å². The van der Waals surface area contributed by atoms with Gasteiger partial charge in [-0.25, -0.2) is 0 Å². The maximum absolute atomic E-state index is 6.51. The van der Waals surface area contributed by atoms with Gasteiger partial charge < -0.3 is 9.32 Å². The van der Waals surface area contributed by atoms with Gasteiger partial charge in [0.1, 0.15) is 11.2 Å². The predicted octanol–water partition coefficient (Wildman–Crippen LogP) is 14.5. The number of rotatable bonds is 4. The van der Waals surface area contributed by atoms with E-state index >= 15 is 0 Å². The molecule has 1 aliphatic rings. The first-order valence-electron chi connectivity index (χ1n) is 18.4. The zero-order chi connectivity index (χ0) is 35.3. The zero-order valence-electron chi connectivity index (χ0n) is 29.6. The molecule has 1 aromatic heterocycles. The fourth-order valence-corrected chi connectivity index (χ4v) is 8.94. The van der Waals surface area contributed by atoms with Gasteiger partial charge in [0.25, 0.3) is 0 Å². The second-order valence-electron chi connectivity index (χ2n) is 15.0. The SMILES string of the molecule is CC1(C)c2ccc(N(c3ccc4c(c3)oc3ccccc34)c3ccc4ccccc4c3-c3ccc4ccccc4c3)cc2-c2cc3ccccc3cc21. The maximum Gasteiger partial charge on any atom is 0.137 e. The molecule has 0 radical (unpaired) electrons. The van der Waals surface area contributed by atoms with Crippen molar-refractivity contribution in [1.29, 1.82) is 0 Å². The quantitative estimate of drug-likeness (QED) is 0.184. The normalized spacial score (nSPS) is 13.2. The molecule has 0 saturated heterocycles. The van der Waals surface area contributed by atoms with Crippen LogP contribution in [0, 0.1) is 0 Å². The Balaban J connectivity index is 1.20. The van der Waals surface area contributed by atoms with Gasteiger partial charge in [-0.15, -0.1) is 0 Å². The monoisotopic (exact) mass is 677 g/mol. The number of furan rings is 1. The van der Waals surface area contributed by atoms with Crippen molar-refractivity contribution in [2.45, 2.75) is 19.3 Å². The predicted molar refractivity (Wildman–Crippen MR) is 224 cm³/mol. The number of hydrogen-bond donors (Lipinski definition) is 0. The molecule has 0 fully saturated rings. The van der Waals surface area contributed by atoms with Gasteiger partial charge in [0.2, 0.25) is 0 Å². The first-order valence-corrected chi connectivity index (χ1v) is 18.4. The third-order valence-corrected chi connectivity index (χ3v) is 11.6. The van der Waals surface area contributed by atoms with Gasteiger partial charge in [-0.05, 0) is 115 Å². The third-order valence-electron chi connectivity index (χ3n) is 11.6.